The van der Waals surface area contributed by atoms with Gasteiger partial charge in [-0.15, -0.1) is 0 Å². The van der Waals surface area contributed by atoms with Gasteiger partial charge in [0, 0.05) is 18.7 Å². The van der Waals surface area contributed by atoms with E-state index in [9.17, 15) is 9.90 Å². The Morgan fingerprint density at radius 3 is 3.00 bits per heavy atom. The zero-order valence-electron chi connectivity index (χ0n) is 8.37. The molecule has 0 spiro atoms. The summed E-state index contributed by atoms with van der Waals surface area (Å²) in [6, 6.07) is 1.33. The molecule has 0 aromatic carbocycles. The SMILES string of the molecule is O=c1ccn([C@@H]2CC(O)[C@H](CO)O2)c(=S)[nH]1. The molecular formula is C9H12N2O4S. The number of rotatable bonds is 2. The number of nitrogens with one attached hydrogen (secondary N) is 1. The first kappa shape index (κ1) is 11.5. The molecule has 0 amide bonds. The maximum absolute atomic E-state index is 11.0. The van der Waals surface area contributed by atoms with Crippen LogP contribution in [0.1, 0.15) is 12.6 Å². The molecule has 1 saturated heterocycles. The molecule has 3 atom stereocenters. The topological polar surface area (TPSA) is 87.5 Å². The smallest absolute Gasteiger partial charge is 0.251 e. The lowest BCUT2D eigenvalue weighted by Crippen LogP contribution is -2.24. The summed E-state index contributed by atoms with van der Waals surface area (Å²) in [6.07, 6.45) is 0.0864. The maximum Gasteiger partial charge on any atom is 0.251 e. The Balaban J connectivity index is 2.27. The van der Waals surface area contributed by atoms with Gasteiger partial charge in [0.25, 0.3) is 5.56 Å². The highest BCUT2D eigenvalue weighted by Gasteiger charge is 2.34. The molecule has 16 heavy (non-hydrogen) atoms. The van der Waals surface area contributed by atoms with E-state index in [0.29, 0.717) is 6.42 Å². The van der Waals surface area contributed by atoms with Crippen molar-refractivity contribution in [2.75, 3.05) is 6.61 Å². The molecule has 0 aliphatic carbocycles. The van der Waals surface area contributed by atoms with Crippen molar-refractivity contribution in [2.45, 2.75) is 24.9 Å². The third kappa shape index (κ3) is 2.07. The van der Waals surface area contributed by atoms with Crippen LogP contribution in [0, 0.1) is 4.77 Å². The fourth-order valence-electron chi connectivity index (χ4n) is 1.70. The number of ether oxygens (including phenoxy) is 1. The van der Waals surface area contributed by atoms with E-state index in [1.54, 1.807) is 4.57 Å². The second kappa shape index (κ2) is 4.46. The van der Waals surface area contributed by atoms with Gasteiger partial charge in [-0.1, -0.05) is 0 Å². The number of aromatic amines is 1. The minimum Gasteiger partial charge on any atom is -0.394 e. The molecule has 1 unspecified atom stereocenters. The molecule has 0 radical (unpaired) electrons. The lowest BCUT2D eigenvalue weighted by molar-refractivity contribution is -0.0453. The largest absolute Gasteiger partial charge is 0.394 e. The van der Waals surface area contributed by atoms with E-state index in [0.717, 1.165) is 0 Å². The molecule has 1 aliphatic rings. The standard InChI is InChI=1S/C9H12N2O4S/c12-4-6-5(13)3-8(15-6)11-2-1-7(14)10-9(11)16/h1-2,5-6,8,12-13H,3-4H2,(H,10,14,16)/t5?,6-,8-/m0/s1. The summed E-state index contributed by atoms with van der Waals surface area (Å²) in [5.74, 6) is 0. The van der Waals surface area contributed by atoms with E-state index in [4.69, 9.17) is 22.1 Å². The summed E-state index contributed by atoms with van der Waals surface area (Å²) in [5, 5.41) is 18.5. The average Bonchev–Trinajstić information content (AvgIpc) is 2.59. The van der Waals surface area contributed by atoms with E-state index in [2.05, 4.69) is 4.98 Å². The van der Waals surface area contributed by atoms with Crippen molar-refractivity contribution in [3.05, 3.63) is 27.4 Å². The van der Waals surface area contributed by atoms with Crippen molar-refractivity contribution >= 4 is 12.2 Å². The number of aliphatic hydroxyl groups excluding tert-OH is 2. The van der Waals surface area contributed by atoms with Crippen LogP contribution < -0.4 is 5.56 Å². The number of aromatic nitrogens is 2. The third-order valence-corrected chi connectivity index (χ3v) is 2.86. The number of hydrogen-bond donors (Lipinski definition) is 3. The summed E-state index contributed by atoms with van der Waals surface area (Å²) in [6.45, 7) is -0.242. The summed E-state index contributed by atoms with van der Waals surface area (Å²) in [7, 11) is 0. The predicted octanol–water partition coefficient (Wildman–Crippen LogP) is -0.453. The summed E-state index contributed by atoms with van der Waals surface area (Å²) in [4.78, 5) is 13.4. The second-order valence-electron chi connectivity index (χ2n) is 3.63. The van der Waals surface area contributed by atoms with Gasteiger partial charge < -0.3 is 14.9 Å². The van der Waals surface area contributed by atoms with Gasteiger partial charge in [-0.3, -0.25) is 14.3 Å². The molecule has 2 rings (SSSR count). The summed E-state index contributed by atoms with van der Waals surface area (Å²) in [5.41, 5.74) is -0.279. The first-order valence-corrected chi connectivity index (χ1v) is 5.28. The Kier molecular flexibility index (Phi) is 3.20. The minimum atomic E-state index is -0.719. The van der Waals surface area contributed by atoms with Crippen LogP contribution in [0.25, 0.3) is 0 Å². The van der Waals surface area contributed by atoms with Gasteiger partial charge in [0.05, 0.1) is 12.7 Å². The van der Waals surface area contributed by atoms with Crippen molar-refractivity contribution in [2.24, 2.45) is 0 Å². The third-order valence-electron chi connectivity index (χ3n) is 2.55. The van der Waals surface area contributed by atoms with E-state index in [1.165, 1.54) is 12.3 Å². The van der Waals surface area contributed by atoms with Gasteiger partial charge in [-0.2, -0.15) is 0 Å². The first-order chi connectivity index (χ1) is 7.61. The van der Waals surface area contributed by atoms with Crippen LogP contribution in [0.15, 0.2) is 17.1 Å². The summed E-state index contributed by atoms with van der Waals surface area (Å²) < 4.78 is 7.19. The van der Waals surface area contributed by atoms with Crippen molar-refractivity contribution in [1.29, 1.82) is 0 Å². The molecule has 1 fully saturated rings. The monoisotopic (exact) mass is 244 g/mol. The highest BCUT2D eigenvalue weighted by molar-refractivity contribution is 7.71. The number of nitrogens with zero attached hydrogens (tertiary/aromatic N) is 1. The van der Waals surface area contributed by atoms with Gasteiger partial charge in [-0.25, -0.2) is 0 Å². The predicted molar refractivity (Wildman–Crippen MR) is 57.5 cm³/mol. The normalized spacial score (nSPS) is 29.5. The van der Waals surface area contributed by atoms with Gasteiger partial charge >= 0.3 is 0 Å². The molecule has 2 heterocycles. The Bertz CT molecular complexity index is 483. The van der Waals surface area contributed by atoms with Gasteiger partial charge in [0.15, 0.2) is 4.77 Å². The quantitative estimate of drug-likeness (QED) is 0.613. The molecule has 7 heteroatoms. The van der Waals surface area contributed by atoms with E-state index in [-0.39, 0.29) is 16.9 Å². The molecule has 88 valence electrons. The fraction of sp³-hybridized carbons (Fsp3) is 0.556. The van der Waals surface area contributed by atoms with Crippen molar-refractivity contribution in [1.82, 2.24) is 9.55 Å². The number of H-pyrrole nitrogens is 1. The van der Waals surface area contributed by atoms with Crippen LogP contribution in [0.4, 0.5) is 0 Å². The molecular weight excluding hydrogens is 232 g/mol. The Labute approximate surface area is 96.1 Å². The number of aliphatic hydroxyl groups is 2. The molecule has 0 saturated carbocycles. The van der Waals surface area contributed by atoms with Crippen LogP contribution in [0.5, 0.6) is 0 Å². The van der Waals surface area contributed by atoms with Crippen LogP contribution in [-0.4, -0.2) is 38.6 Å². The van der Waals surface area contributed by atoms with Gasteiger partial charge in [-0.05, 0) is 12.2 Å². The van der Waals surface area contributed by atoms with Crippen LogP contribution >= 0.6 is 12.2 Å². The maximum atomic E-state index is 11.0. The molecule has 1 aromatic rings. The van der Waals surface area contributed by atoms with Crippen LogP contribution in [0.3, 0.4) is 0 Å². The van der Waals surface area contributed by atoms with E-state index >= 15 is 0 Å². The van der Waals surface area contributed by atoms with Crippen LogP contribution in [0.2, 0.25) is 0 Å². The highest BCUT2D eigenvalue weighted by Crippen LogP contribution is 2.28. The Morgan fingerprint density at radius 2 is 2.44 bits per heavy atom. The first-order valence-electron chi connectivity index (χ1n) is 4.87. The zero-order chi connectivity index (χ0) is 11.7. The van der Waals surface area contributed by atoms with E-state index in [1.807, 2.05) is 0 Å². The van der Waals surface area contributed by atoms with Crippen molar-refractivity contribution in [3.63, 3.8) is 0 Å². The fourth-order valence-corrected chi connectivity index (χ4v) is 1.98. The minimum absolute atomic E-state index is 0.239. The zero-order valence-corrected chi connectivity index (χ0v) is 9.18. The Hall–Kier alpha value is -1.02. The second-order valence-corrected chi connectivity index (χ2v) is 4.02. The van der Waals surface area contributed by atoms with Crippen molar-refractivity contribution in [3.8, 4) is 0 Å². The number of hydrogen-bond acceptors (Lipinski definition) is 5. The van der Waals surface area contributed by atoms with Crippen LogP contribution in [-0.2, 0) is 4.74 Å². The van der Waals surface area contributed by atoms with E-state index < -0.39 is 18.4 Å². The molecule has 1 aromatic heterocycles. The van der Waals surface area contributed by atoms with Gasteiger partial charge in [0.2, 0.25) is 0 Å². The highest BCUT2D eigenvalue weighted by atomic mass is 32.1. The molecule has 3 N–H and O–H groups in total. The Morgan fingerprint density at radius 1 is 1.69 bits per heavy atom. The summed E-state index contributed by atoms with van der Waals surface area (Å²) >= 11 is 4.97. The lowest BCUT2D eigenvalue weighted by Gasteiger charge is -2.14. The average molecular weight is 244 g/mol. The molecule has 6 nitrogen and oxygen atoms in total. The molecule has 0 bridgehead atoms. The van der Waals surface area contributed by atoms with Gasteiger partial charge in [0.1, 0.15) is 12.3 Å². The molecule has 1 aliphatic heterocycles. The van der Waals surface area contributed by atoms with Crippen molar-refractivity contribution < 1.29 is 14.9 Å². The lowest BCUT2D eigenvalue weighted by atomic mass is 10.2.